The molecule has 0 N–H and O–H groups in total. The van der Waals surface area contributed by atoms with Gasteiger partial charge in [-0.25, -0.2) is 4.79 Å². The molecule has 0 fully saturated rings. The van der Waals surface area contributed by atoms with E-state index in [2.05, 4.69) is 5.10 Å². The third kappa shape index (κ3) is 5.34. The van der Waals surface area contributed by atoms with E-state index in [9.17, 15) is 22.8 Å². The number of ether oxygens (including phenoxy) is 1. The number of furan rings is 1. The fourth-order valence-corrected chi connectivity index (χ4v) is 2.41. The van der Waals surface area contributed by atoms with Gasteiger partial charge in [-0.05, 0) is 35.9 Å². The Labute approximate surface area is 169 Å². The number of anilines is 1. The first-order valence-electron chi connectivity index (χ1n) is 8.64. The monoisotopic (exact) mass is 416 g/mol. The molecule has 0 aliphatic rings. The summed E-state index contributed by atoms with van der Waals surface area (Å²) in [4.78, 5) is 24.5. The van der Waals surface area contributed by atoms with Crippen LogP contribution in [0.4, 0.5) is 18.9 Å². The van der Waals surface area contributed by atoms with Crippen LogP contribution in [0.15, 0.2) is 82.5 Å². The van der Waals surface area contributed by atoms with Gasteiger partial charge in [0.15, 0.2) is 6.61 Å². The summed E-state index contributed by atoms with van der Waals surface area (Å²) < 4.78 is 49.0. The summed E-state index contributed by atoms with van der Waals surface area (Å²) in [5.74, 6) is -1.84. The Morgan fingerprint density at radius 2 is 1.80 bits per heavy atom. The molecule has 0 radical (unpaired) electrons. The van der Waals surface area contributed by atoms with Crippen LogP contribution in [-0.4, -0.2) is 24.7 Å². The van der Waals surface area contributed by atoms with Crippen molar-refractivity contribution in [2.45, 2.75) is 6.18 Å². The summed E-state index contributed by atoms with van der Waals surface area (Å²) in [6, 6.07) is 15.6. The Kier molecular flexibility index (Phi) is 6.31. The minimum absolute atomic E-state index is 0.110. The summed E-state index contributed by atoms with van der Waals surface area (Å²) >= 11 is 0. The Bertz CT molecular complexity index is 1030. The number of rotatable bonds is 6. The summed E-state index contributed by atoms with van der Waals surface area (Å²) in [6.07, 6.45) is -2.02. The number of esters is 1. The van der Waals surface area contributed by atoms with E-state index in [-0.39, 0.29) is 11.4 Å². The van der Waals surface area contributed by atoms with E-state index in [0.29, 0.717) is 5.56 Å². The SMILES string of the molecule is O=C(OCC(=O)N(/N=C\c1ccccc1)c1cccc(C(F)(F)F)c1)c1ccco1. The number of carbonyl (C=O) groups excluding carboxylic acids is 2. The molecule has 0 saturated heterocycles. The lowest BCUT2D eigenvalue weighted by molar-refractivity contribution is -0.137. The molecule has 6 nitrogen and oxygen atoms in total. The first kappa shape index (κ1) is 20.8. The minimum Gasteiger partial charge on any atom is -0.457 e. The average Bonchev–Trinajstić information content (AvgIpc) is 3.27. The molecule has 1 aromatic heterocycles. The van der Waals surface area contributed by atoms with Crippen molar-refractivity contribution in [3.8, 4) is 0 Å². The highest BCUT2D eigenvalue weighted by molar-refractivity contribution is 5.97. The van der Waals surface area contributed by atoms with Crippen LogP contribution in [-0.2, 0) is 15.7 Å². The van der Waals surface area contributed by atoms with Gasteiger partial charge in [0.2, 0.25) is 5.76 Å². The van der Waals surface area contributed by atoms with Crippen LogP contribution < -0.4 is 5.01 Å². The number of halogens is 3. The van der Waals surface area contributed by atoms with Crippen LogP contribution in [0.25, 0.3) is 0 Å². The second kappa shape index (κ2) is 9.08. The molecule has 30 heavy (non-hydrogen) atoms. The van der Waals surface area contributed by atoms with Gasteiger partial charge in [0.25, 0.3) is 5.91 Å². The number of alkyl halides is 3. The summed E-state index contributed by atoms with van der Waals surface area (Å²) in [5.41, 5.74) is -0.453. The fraction of sp³-hybridized carbons (Fsp3) is 0.0952. The van der Waals surface area contributed by atoms with Crippen LogP contribution in [0, 0.1) is 0 Å². The minimum atomic E-state index is -4.60. The van der Waals surface area contributed by atoms with Crippen molar-refractivity contribution >= 4 is 23.8 Å². The molecule has 0 spiro atoms. The summed E-state index contributed by atoms with van der Waals surface area (Å²) in [7, 11) is 0. The fourth-order valence-electron chi connectivity index (χ4n) is 2.41. The van der Waals surface area contributed by atoms with Gasteiger partial charge in [-0.15, -0.1) is 0 Å². The van der Waals surface area contributed by atoms with Crippen LogP contribution in [0.5, 0.6) is 0 Å². The largest absolute Gasteiger partial charge is 0.457 e. The number of benzene rings is 2. The lowest BCUT2D eigenvalue weighted by atomic mass is 10.2. The maximum atomic E-state index is 13.1. The molecule has 0 unspecified atom stereocenters. The highest BCUT2D eigenvalue weighted by Gasteiger charge is 2.31. The van der Waals surface area contributed by atoms with E-state index in [0.717, 1.165) is 23.2 Å². The lowest BCUT2D eigenvalue weighted by Crippen LogP contribution is -2.31. The first-order valence-corrected chi connectivity index (χ1v) is 8.64. The van der Waals surface area contributed by atoms with Crippen LogP contribution in [0.2, 0.25) is 0 Å². The average molecular weight is 416 g/mol. The maximum Gasteiger partial charge on any atom is 0.416 e. The van der Waals surface area contributed by atoms with E-state index < -0.39 is 30.2 Å². The number of amides is 1. The molecule has 1 amide bonds. The molecular formula is C21H15F3N2O4. The molecule has 3 aromatic rings. The number of hydrogen-bond acceptors (Lipinski definition) is 5. The van der Waals surface area contributed by atoms with Crippen molar-refractivity contribution in [2.75, 3.05) is 11.6 Å². The highest BCUT2D eigenvalue weighted by Crippen LogP contribution is 2.31. The third-order valence-electron chi connectivity index (χ3n) is 3.83. The molecule has 9 heteroatoms. The van der Waals surface area contributed by atoms with Crippen LogP contribution in [0.3, 0.4) is 0 Å². The molecule has 154 valence electrons. The molecule has 3 rings (SSSR count). The van der Waals surface area contributed by atoms with Crippen LogP contribution in [0.1, 0.15) is 21.7 Å². The van der Waals surface area contributed by atoms with Crippen molar-refractivity contribution < 1.29 is 31.9 Å². The third-order valence-corrected chi connectivity index (χ3v) is 3.83. The quantitative estimate of drug-likeness (QED) is 0.336. The van der Waals surface area contributed by atoms with Gasteiger partial charge in [0.1, 0.15) is 0 Å². The molecule has 0 bridgehead atoms. The molecule has 2 aromatic carbocycles. The molecular weight excluding hydrogens is 401 g/mol. The second-order valence-corrected chi connectivity index (χ2v) is 5.96. The lowest BCUT2D eigenvalue weighted by Gasteiger charge is -2.18. The van der Waals surface area contributed by atoms with Gasteiger partial charge in [-0.1, -0.05) is 36.4 Å². The van der Waals surface area contributed by atoms with Gasteiger partial charge in [-0.3, -0.25) is 4.79 Å². The van der Waals surface area contributed by atoms with Crippen molar-refractivity contribution in [1.82, 2.24) is 0 Å². The normalized spacial score (nSPS) is 11.4. The molecule has 0 saturated carbocycles. The predicted octanol–water partition coefficient (Wildman–Crippen LogP) is 4.52. The maximum absolute atomic E-state index is 13.1. The Hall–Kier alpha value is -3.88. The van der Waals surface area contributed by atoms with Gasteiger partial charge >= 0.3 is 12.1 Å². The van der Waals surface area contributed by atoms with E-state index >= 15 is 0 Å². The van der Waals surface area contributed by atoms with Gasteiger partial charge < -0.3 is 9.15 Å². The zero-order valence-corrected chi connectivity index (χ0v) is 15.4. The molecule has 0 aliphatic carbocycles. The first-order chi connectivity index (χ1) is 14.3. The number of hydrogen-bond donors (Lipinski definition) is 0. The zero-order chi connectivity index (χ0) is 21.6. The highest BCUT2D eigenvalue weighted by atomic mass is 19.4. The van der Waals surface area contributed by atoms with E-state index in [1.54, 1.807) is 30.3 Å². The van der Waals surface area contributed by atoms with Gasteiger partial charge in [0, 0.05) is 0 Å². The number of hydrazone groups is 1. The van der Waals surface area contributed by atoms with E-state index in [1.165, 1.54) is 30.7 Å². The van der Waals surface area contributed by atoms with Crippen molar-refractivity contribution in [2.24, 2.45) is 5.10 Å². The molecule has 1 heterocycles. The second-order valence-electron chi connectivity index (χ2n) is 5.96. The van der Waals surface area contributed by atoms with Crippen molar-refractivity contribution in [3.05, 3.63) is 89.9 Å². The Balaban J connectivity index is 1.84. The predicted molar refractivity (Wildman–Crippen MR) is 102 cm³/mol. The standard InChI is InChI=1S/C21H15F3N2O4/c22-21(23,24)16-8-4-9-17(12-16)26(25-13-15-6-2-1-3-7-15)19(27)14-30-20(28)18-10-5-11-29-18/h1-13H,14H2/b25-13-. The summed E-state index contributed by atoms with van der Waals surface area (Å²) in [5, 5.41) is 4.75. The van der Waals surface area contributed by atoms with Crippen molar-refractivity contribution in [1.29, 1.82) is 0 Å². The van der Waals surface area contributed by atoms with Crippen molar-refractivity contribution in [3.63, 3.8) is 0 Å². The topological polar surface area (TPSA) is 72.1 Å². The number of carbonyl (C=O) groups is 2. The van der Waals surface area contributed by atoms with Crippen LogP contribution >= 0.6 is 0 Å². The molecule has 0 aliphatic heterocycles. The number of nitrogens with zero attached hydrogens (tertiary/aromatic N) is 2. The van der Waals surface area contributed by atoms with Gasteiger partial charge in [0.05, 0.1) is 23.7 Å². The summed E-state index contributed by atoms with van der Waals surface area (Å²) in [6.45, 7) is -0.748. The van der Waals surface area contributed by atoms with E-state index in [4.69, 9.17) is 9.15 Å². The molecule has 0 atom stereocenters. The van der Waals surface area contributed by atoms with Gasteiger partial charge in [-0.2, -0.15) is 23.3 Å². The Morgan fingerprint density at radius 3 is 2.47 bits per heavy atom. The van der Waals surface area contributed by atoms with E-state index in [1.807, 2.05) is 0 Å². The zero-order valence-electron chi connectivity index (χ0n) is 15.4. The smallest absolute Gasteiger partial charge is 0.416 e. The Morgan fingerprint density at radius 1 is 1.03 bits per heavy atom.